The molecule has 0 fully saturated rings. The molecule has 6 nitrogen and oxygen atoms in total. The number of benzene rings is 4. The van der Waals surface area contributed by atoms with Crippen LogP contribution in [0.25, 0.3) is 6.08 Å². The predicted molar refractivity (Wildman–Crippen MR) is 143 cm³/mol. The molecule has 0 heterocycles. The smallest absolute Gasteiger partial charge is 0.266 e. The largest absolute Gasteiger partial charge is 0.493 e. The molecule has 0 aliphatic rings. The van der Waals surface area contributed by atoms with Gasteiger partial charge in [-0.3, -0.25) is 4.79 Å². The second kappa shape index (κ2) is 12.6. The van der Waals surface area contributed by atoms with Crippen LogP contribution in [0.3, 0.4) is 0 Å². The van der Waals surface area contributed by atoms with E-state index in [1.54, 1.807) is 31.4 Å². The van der Waals surface area contributed by atoms with Gasteiger partial charge in [-0.1, -0.05) is 72.8 Å². The van der Waals surface area contributed by atoms with E-state index in [9.17, 15) is 10.1 Å². The van der Waals surface area contributed by atoms with Gasteiger partial charge in [0.25, 0.3) is 5.91 Å². The number of nitriles is 1. The fourth-order valence-electron chi connectivity index (χ4n) is 3.57. The van der Waals surface area contributed by atoms with Gasteiger partial charge in [0.15, 0.2) is 11.5 Å². The highest BCUT2D eigenvalue weighted by atomic mass is 16.5. The number of methoxy groups -OCH3 is 1. The number of nitrogens with one attached hydrogen (secondary N) is 1. The van der Waals surface area contributed by atoms with Crippen LogP contribution in [0.2, 0.25) is 0 Å². The standard InChI is InChI=1S/C31H26N2O4/c1-35-30-18-24(16-17-29(30)37-21-23-10-4-2-5-11-23)22-36-28-15-9-8-12-25(28)19-26(20-32)31(34)33-27-13-6-3-7-14-27/h2-19H,21-22H2,1H3,(H,33,34). The molecule has 0 saturated heterocycles. The number of hydrogen-bond donors (Lipinski definition) is 1. The van der Waals surface area contributed by atoms with Crippen molar-refractivity contribution >= 4 is 17.7 Å². The molecule has 0 radical (unpaired) electrons. The fourth-order valence-corrected chi connectivity index (χ4v) is 3.57. The van der Waals surface area contributed by atoms with Crippen LogP contribution in [0, 0.1) is 11.3 Å². The highest BCUT2D eigenvalue weighted by molar-refractivity contribution is 6.09. The Balaban J connectivity index is 1.45. The molecule has 4 rings (SSSR count). The van der Waals surface area contributed by atoms with Crippen molar-refractivity contribution < 1.29 is 19.0 Å². The van der Waals surface area contributed by atoms with Crippen molar-refractivity contribution in [2.24, 2.45) is 0 Å². The van der Waals surface area contributed by atoms with Crippen LogP contribution in [-0.2, 0) is 18.0 Å². The zero-order valence-corrected chi connectivity index (χ0v) is 20.4. The molecule has 4 aromatic carbocycles. The molecular weight excluding hydrogens is 464 g/mol. The first-order valence-corrected chi connectivity index (χ1v) is 11.7. The van der Waals surface area contributed by atoms with Crippen molar-refractivity contribution in [2.45, 2.75) is 13.2 Å². The van der Waals surface area contributed by atoms with Gasteiger partial charge in [-0.15, -0.1) is 0 Å². The Hall–Kier alpha value is -5.02. The van der Waals surface area contributed by atoms with Gasteiger partial charge in [-0.25, -0.2) is 0 Å². The van der Waals surface area contributed by atoms with Crippen molar-refractivity contribution in [3.63, 3.8) is 0 Å². The highest BCUT2D eigenvalue weighted by Crippen LogP contribution is 2.30. The molecule has 0 atom stereocenters. The molecule has 6 heteroatoms. The Bertz CT molecular complexity index is 1410. The number of carbonyl (C=O) groups excluding carboxylic acids is 1. The van der Waals surface area contributed by atoms with Crippen molar-refractivity contribution in [2.75, 3.05) is 12.4 Å². The van der Waals surface area contributed by atoms with Crippen molar-refractivity contribution in [3.8, 4) is 23.3 Å². The van der Waals surface area contributed by atoms with Crippen LogP contribution in [0.5, 0.6) is 17.2 Å². The Kier molecular flexibility index (Phi) is 8.55. The van der Waals surface area contributed by atoms with Gasteiger partial charge >= 0.3 is 0 Å². The van der Waals surface area contributed by atoms with Crippen molar-refractivity contribution in [1.82, 2.24) is 0 Å². The number of ether oxygens (including phenoxy) is 3. The summed E-state index contributed by atoms with van der Waals surface area (Å²) in [7, 11) is 1.60. The number of para-hydroxylation sites is 2. The Morgan fingerprint density at radius 1 is 0.784 bits per heavy atom. The molecule has 0 saturated carbocycles. The summed E-state index contributed by atoms with van der Waals surface area (Å²) in [5.41, 5.74) is 3.16. The van der Waals surface area contributed by atoms with E-state index in [4.69, 9.17) is 14.2 Å². The number of carbonyl (C=O) groups is 1. The third-order valence-corrected chi connectivity index (χ3v) is 5.48. The van der Waals surface area contributed by atoms with Crippen LogP contribution in [-0.4, -0.2) is 13.0 Å². The van der Waals surface area contributed by atoms with Gasteiger partial charge in [0, 0.05) is 11.3 Å². The van der Waals surface area contributed by atoms with Gasteiger partial charge in [0.2, 0.25) is 0 Å². The predicted octanol–water partition coefficient (Wildman–Crippen LogP) is 6.40. The van der Waals surface area contributed by atoms with E-state index in [1.165, 1.54) is 6.08 Å². The molecule has 0 bridgehead atoms. The molecule has 37 heavy (non-hydrogen) atoms. The van der Waals surface area contributed by atoms with Gasteiger partial charge in [-0.2, -0.15) is 5.26 Å². The summed E-state index contributed by atoms with van der Waals surface area (Å²) in [6, 6.07) is 33.8. The molecule has 4 aromatic rings. The lowest BCUT2D eigenvalue weighted by Crippen LogP contribution is -2.13. The molecule has 1 N–H and O–H groups in total. The molecule has 0 aliphatic heterocycles. The van der Waals surface area contributed by atoms with Crippen LogP contribution < -0.4 is 19.5 Å². The number of amides is 1. The van der Waals surface area contributed by atoms with Crippen LogP contribution in [0.4, 0.5) is 5.69 Å². The summed E-state index contributed by atoms with van der Waals surface area (Å²) < 4.78 is 17.5. The minimum Gasteiger partial charge on any atom is -0.493 e. The summed E-state index contributed by atoms with van der Waals surface area (Å²) in [4.78, 5) is 12.6. The summed E-state index contributed by atoms with van der Waals surface area (Å²) >= 11 is 0. The molecular formula is C31H26N2O4. The fraction of sp³-hybridized carbons (Fsp3) is 0.0968. The van der Waals surface area contributed by atoms with Crippen LogP contribution in [0.15, 0.2) is 109 Å². The lowest BCUT2D eigenvalue weighted by molar-refractivity contribution is -0.112. The third kappa shape index (κ3) is 7.00. The van der Waals surface area contributed by atoms with E-state index in [2.05, 4.69) is 5.32 Å². The quantitative estimate of drug-likeness (QED) is 0.206. The minimum atomic E-state index is -0.487. The molecule has 184 valence electrons. The van der Waals surface area contributed by atoms with E-state index < -0.39 is 5.91 Å². The normalized spacial score (nSPS) is 10.8. The first-order chi connectivity index (χ1) is 18.2. The summed E-state index contributed by atoms with van der Waals surface area (Å²) in [6.45, 7) is 0.699. The van der Waals surface area contributed by atoms with E-state index in [-0.39, 0.29) is 12.2 Å². The average molecular weight is 491 g/mol. The number of rotatable bonds is 10. The topological polar surface area (TPSA) is 80.6 Å². The van der Waals surface area contributed by atoms with Crippen LogP contribution >= 0.6 is 0 Å². The second-order valence-electron chi connectivity index (χ2n) is 8.08. The number of nitrogens with zero attached hydrogens (tertiary/aromatic N) is 1. The molecule has 0 spiro atoms. The molecule has 0 unspecified atom stereocenters. The SMILES string of the molecule is COc1cc(COc2ccccc2C=C(C#N)C(=O)Nc2ccccc2)ccc1OCc1ccccc1. The van der Waals surface area contributed by atoms with E-state index in [0.29, 0.717) is 35.1 Å². The van der Waals surface area contributed by atoms with Gasteiger partial charge in [0.1, 0.15) is 30.6 Å². The van der Waals surface area contributed by atoms with E-state index in [0.717, 1.165) is 11.1 Å². The minimum absolute atomic E-state index is 0.0264. The van der Waals surface area contributed by atoms with Gasteiger partial charge in [-0.05, 0) is 47.5 Å². The Morgan fingerprint density at radius 3 is 2.16 bits per heavy atom. The van der Waals surface area contributed by atoms with Crippen LogP contribution in [0.1, 0.15) is 16.7 Å². The first-order valence-electron chi connectivity index (χ1n) is 11.7. The van der Waals surface area contributed by atoms with Crippen molar-refractivity contribution in [3.05, 3.63) is 125 Å². The lowest BCUT2D eigenvalue weighted by Gasteiger charge is -2.14. The number of anilines is 1. The maximum Gasteiger partial charge on any atom is 0.266 e. The van der Waals surface area contributed by atoms with Gasteiger partial charge in [0.05, 0.1) is 7.11 Å². The zero-order chi connectivity index (χ0) is 25.9. The van der Waals surface area contributed by atoms with E-state index >= 15 is 0 Å². The Morgan fingerprint density at radius 2 is 1.43 bits per heavy atom. The zero-order valence-electron chi connectivity index (χ0n) is 20.4. The van der Waals surface area contributed by atoms with Gasteiger partial charge < -0.3 is 19.5 Å². The number of hydrogen-bond acceptors (Lipinski definition) is 5. The maximum atomic E-state index is 12.6. The summed E-state index contributed by atoms with van der Waals surface area (Å²) in [5, 5.41) is 12.3. The lowest BCUT2D eigenvalue weighted by atomic mass is 10.1. The molecule has 0 aliphatic carbocycles. The maximum absolute atomic E-state index is 12.6. The van der Waals surface area contributed by atoms with E-state index in [1.807, 2.05) is 84.9 Å². The highest BCUT2D eigenvalue weighted by Gasteiger charge is 2.12. The summed E-state index contributed by atoms with van der Waals surface area (Å²) in [5.74, 6) is 1.31. The Labute approximate surface area is 216 Å². The monoisotopic (exact) mass is 490 g/mol. The average Bonchev–Trinajstić information content (AvgIpc) is 2.95. The van der Waals surface area contributed by atoms with Crippen molar-refractivity contribution in [1.29, 1.82) is 5.26 Å². The molecule has 1 amide bonds. The third-order valence-electron chi connectivity index (χ3n) is 5.48. The second-order valence-corrected chi connectivity index (χ2v) is 8.08. The first kappa shape index (κ1) is 25.1. The molecule has 0 aromatic heterocycles. The summed E-state index contributed by atoms with van der Waals surface area (Å²) in [6.07, 6.45) is 1.52.